The summed E-state index contributed by atoms with van der Waals surface area (Å²) < 4.78 is 0. The predicted molar refractivity (Wildman–Crippen MR) is 123 cm³/mol. The second kappa shape index (κ2) is 9.63. The van der Waals surface area contributed by atoms with Crippen molar-refractivity contribution in [1.29, 1.82) is 0 Å². The highest BCUT2D eigenvalue weighted by molar-refractivity contribution is 6.05. The molecule has 1 saturated heterocycles. The highest BCUT2D eigenvalue weighted by Crippen LogP contribution is 2.27. The summed E-state index contributed by atoms with van der Waals surface area (Å²) in [4.78, 5) is 21.0. The van der Waals surface area contributed by atoms with Crippen molar-refractivity contribution in [2.24, 2.45) is 10.2 Å². The Morgan fingerprint density at radius 1 is 0.967 bits per heavy atom. The SMILES string of the molecule is C=C1C=C(CN2CCCCC2)N=C(c2ccccc2N=O)N1CCc1ccccc1. The van der Waals surface area contributed by atoms with Crippen molar-refractivity contribution in [3.05, 3.63) is 94.7 Å². The van der Waals surface area contributed by atoms with E-state index in [4.69, 9.17) is 4.99 Å². The summed E-state index contributed by atoms with van der Waals surface area (Å²) in [5.41, 5.74) is 4.32. The van der Waals surface area contributed by atoms with Gasteiger partial charge in [0.15, 0.2) is 0 Å². The Labute approximate surface area is 178 Å². The normalized spacial score (nSPS) is 17.5. The molecule has 0 N–H and O–H groups in total. The number of rotatable bonds is 7. The van der Waals surface area contributed by atoms with Gasteiger partial charge in [0.25, 0.3) is 0 Å². The largest absolute Gasteiger partial charge is 0.326 e. The number of amidine groups is 1. The molecule has 1 fully saturated rings. The molecule has 2 aliphatic heterocycles. The number of likely N-dealkylation sites (tertiary alicyclic amines) is 1. The Morgan fingerprint density at radius 3 is 2.47 bits per heavy atom. The van der Waals surface area contributed by atoms with Crippen LogP contribution in [0.4, 0.5) is 5.69 Å². The summed E-state index contributed by atoms with van der Waals surface area (Å²) in [5.74, 6) is 0.764. The van der Waals surface area contributed by atoms with Crippen LogP contribution in [0.5, 0.6) is 0 Å². The van der Waals surface area contributed by atoms with Crippen LogP contribution >= 0.6 is 0 Å². The van der Waals surface area contributed by atoms with Gasteiger partial charge in [-0.05, 0) is 61.3 Å². The molecule has 2 aromatic rings. The van der Waals surface area contributed by atoms with E-state index in [1.54, 1.807) is 6.07 Å². The third-order valence-corrected chi connectivity index (χ3v) is 5.73. The fourth-order valence-electron chi connectivity index (χ4n) is 4.15. The lowest BCUT2D eigenvalue weighted by Gasteiger charge is -2.33. The quantitative estimate of drug-likeness (QED) is 0.595. The van der Waals surface area contributed by atoms with Gasteiger partial charge in [0, 0.05) is 24.4 Å². The minimum Gasteiger partial charge on any atom is -0.326 e. The van der Waals surface area contributed by atoms with Gasteiger partial charge in [0.05, 0.1) is 5.70 Å². The molecule has 154 valence electrons. The molecule has 0 radical (unpaired) electrons. The highest BCUT2D eigenvalue weighted by atomic mass is 16.3. The third kappa shape index (κ3) is 4.74. The zero-order chi connectivity index (χ0) is 20.8. The minimum atomic E-state index is 0.410. The molecule has 0 bridgehead atoms. The molecule has 2 aliphatic rings. The molecular weight excluding hydrogens is 372 g/mol. The lowest BCUT2D eigenvalue weighted by molar-refractivity contribution is 0.245. The van der Waals surface area contributed by atoms with Crippen LogP contribution in [-0.2, 0) is 6.42 Å². The van der Waals surface area contributed by atoms with E-state index in [1.165, 1.54) is 24.8 Å². The maximum absolute atomic E-state index is 11.5. The van der Waals surface area contributed by atoms with Gasteiger partial charge in [-0.1, -0.05) is 55.5 Å². The number of allylic oxidation sites excluding steroid dienone is 1. The lowest BCUT2D eigenvalue weighted by Crippen LogP contribution is -2.37. The predicted octanol–water partition coefficient (Wildman–Crippen LogP) is 5.27. The molecule has 0 saturated carbocycles. The lowest BCUT2D eigenvalue weighted by atomic mass is 10.1. The standard InChI is InChI=1S/C25H28N4O/c1-20-18-22(19-28-15-8-3-9-16-28)26-25(23-12-6-7-13-24(23)27-30)29(20)17-14-21-10-4-2-5-11-21/h2,4-7,10-13,18H,1,3,8-9,14-17,19H2. The summed E-state index contributed by atoms with van der Waals surface area (Å²) in [6.45, 7) is 8.09. The van der Waals surface area contributed by atoms with Gasteiger partial charge in [0.2, 0.25) is 0 Å². The van der Waals surface area contributed by atoms with Crippen LogP contribution in [0, 0.1) is 4.91 Å². The van der Waals surface area contributed by atoms with Crippen LogP contribution < -0.4 is 0 Å². The van der Waals surface area contributed by atoms with Gasteiger partial charge in [-0.25, -0.2) is 4.99 Å². The number of benzene rings is 2. The Hall–Kier alpha value is -3.05. The maximum atomic E-state index is 11.5. The van der Waals surface area contributed by atoms with Crippen LogP contribution in [-0.4, -0.2) is 41.8 Å². The van der Waals surface area contributed by atoms with Gasteiger partial charge in [-0.15, -0.1) is 4.91 Å². The summed E-state index contributed by atoms with van der Waals surface area (Å²) in [5, 5.41) is 3.25. The fourth-order valence-corrected chi connectivity index (χ4v) is 4.15. The molecule has 0 aliphatic carbocycles. The van der Waals surface area contributed by atoms with E-state index < -0.39 is 0 Å². The average Bonchev–Trinajstić information content (AvgIpc) is 2.79. The van der Waals surface area contributed by atoms with E-state index in [1.807, 2.05) is 24.3 Å². The van der Waals surface area contributed by atoms with Crippen LogP contribution in [0.15, 0.2) is 88.8 Å². The van der Waals surface area contributed by atoms with Gasteiger partial charge < -0.3 is 4.90 Å². The minimum absolute atomic E-state index is 0.410. The number of hydrogen-bond acceptors (Lipinski definition) is 5. The first-order valence-electron chi connectivity index (χ1n) is 10.7. The molecule has 5 heteroatoms. The molecule has 4 rings (SSSR count). The van der Waals surface area contributed by atoms with Crippen molar-refractivity contribution in [2.75, 3.05) is 26.2 Å². The maximum Gasteiger partial charge on any atom is 0.142 e. The van der Waals surface area contributed by atoms with E-state index in [0.29, 0.717) is 5.69 Å². The molecule has 0 atom stereocenters. The van der Waals surface area contributed by atoms with E-state index in [0.717, 1.165) is 55.4 Å². The molecule has 2 aromatic carbocycles. The van der Waals surface area contributed by atoms with Crippen molar-refractivity contribution in [2.45, 2.75) is 25.7 Å². The summed E-state index contributed by atoms with van der Waals surface area (Å²) in [7, 11) is 0. The van der Waals surface area contributed by atoms with Crippen LogP contribution in [0.2, 0.25) is 0 Å². The van der Waals surface area contributed by atoms with Crippen molar-refractivity contribution in [3.63, 3.8) is 0 Å². The van der Waals surface area contributed by atoms with Crippen molar-refractivity contribution < 1.29 is 0 Å². The monoisotopic (exact) mass is 400 g/mol. The van der Waals surface area contributed by atoms with E-state index in [-0.39, 0.29) is 0 Å². The molecule has 5 nitrogen and oxygen atoms in total. The fraction of sp³-hybridized carbons (Fsp3) is 0.320. The molecule has 0 aromatic heterocycles. The molecule has 0 amide bonds. The van der Waals surface area contributed by atoms with Crippen molar-refractivity contribution in [1.82, 2.24) is 9.80 Å². The smallest absolute Gasteiger partial charge is 0.142 e. The first kappa shape index (κ1) is 20.2. The van der Waals surface area contributed by atoms with Gasteiger partial charge in [-0.2, -0.15) is 0 Å². The first-order valence-corrected chi connectivity index (χ1v) is 10.7. The molecule has 0 unspecified atom stereocenters. The number of aliphatic imine (C=N–C) groups is 1. The number of hydrogen-bond donors (Lipinski definition) is 0. The topological polar surface area (TPSA) is 48.3 Å². The molecular formula is C25H28N4O. The van der Waals surface area contributed by atoms with Crippen LogP contribution in [0.3, 0.4) is 0 Å². The number of nitroso groups, excluding NO2 is 1. The van der Waals surface area contributed by atoms with Gasteiger partial charge >= 0.3 is 0 Å². The third-order valence-electron chi connectivity index (χ3n) is 5.73. The van der Waals surface area contributed by atoms with Gasteiger partial charge in [0.1, 0.15) is 11.5 Å². The first-order chi connectivity index (χ1) is 14.7. The Bertz CT molecular complexity index is 958. The van der Waals surface area contributed by atoms with Crippen molar-refractivity contribution >= 4 is 11.5 Å². The summed E-state index contributed by atoms with van der Waals surface area (Å²) in [6.07, 6.45) is 6.74. The van der Waals surface area contributed by atoms with Crippen LogP contribution in [0.25, 0.3) is 0 Å². The van der Waals surface area contributed by atoms with E-state index in [2.05, 4.69) is 51.9 Å². The molecule has 0 spiro atoms. The summed E-state index contributed by atoms with van der Waals surface area (Å²) >= 11 is 0. The average molecular weight is 401 g/mol. The second-order valence-electron chi connectivity index (χ2n) is 7.89. The van der Waals surface area contributed by atoms with Gasteiger partial charge in [-0.3, -0.25) is 4.90 Å². The summed E-state index contributed by atoms with van der Waals surface area (Å²) in [6, 6.07) is 17.8. The zero-order valence-corrected chi connectivity index (χ0v) is 17.3. The Morgan fingerprint density at radius 2 is 1.70 bits per heavy atom. The second-order valence-corrected chi connectivity index (χ2v) is 7.89. The number of piperidine rings is 1. The zero-order valence-electron chi connectivity index (χ0n) is 17.3. The van der Waals surface area contributed by atoms with Crippen LogP contribution in [0.1, 0.15) is 30.4 Å². The van der Waals surface area contributed by atoms with Crippen molar-refractivity contribution in [3.8, 4) is 0 Å². The Kier molecular flexibility index (Phi) is 6.50. The van der Waals surface area contributed by atoms with E-state index >= 15 is 0 Å². The Balaban J connectivity index is 1.62. The molecule has 30 heavy (non-hydrogen) atoms. The highest BCUT2D eigenvalue weighted by Gasteiger charge is 2.24. The number of nitrogens with zero attached hydrogens (tertiary/aromatic N) is 4. The molecule has 2 heterocycles. The van der Waals surface area contributed by atoms with E-state index in [9.17, 15) is 4.91 Å².